The molecule has 0 aromatic rings. The van der Waals surface area contributed by atoms with Crippen molar-refractivity contribution < 1.29 is 24.2 Å². The summed E-state index contributed by atoms with van der Waals surface area (Å²) in [5.41, 5.74) is 0. The molecule has 0 aliphatic carbocycles. The number of ketones is 2. The van der Waals surface area contributed by atoms with Crippen molar-refractivity contribution in [3.05, 3.63) is 0 Å². The fourth-order valence-electron chi connectivity index (χ4n) is 7.13. The number of nitrogens with zero attached hydrogens (tertiary/aromatic N) is 1. The van der Waals surface area contributed by atoms with Gasteiger partial charge in [-0.05, 0) is 58.0 Å². The van der Waals surface area contributed by atoms with Crippen LogP contribution in [-0.4, -0.2) is 60.4 Å². The van der Waals surface area contributed by atoms with Crippen molar-refractivity contribution in [3.63, 3.8) is 0 Å². The highest BCUT2D eigenvalue weighted by Gasteiger charge is 2.19. The van der Waals surface area contributed by atoms with Crippen LogP contribution in [-0.2, 0) is 19.1 Å². The van der Waals surface area contributed by atoms with Crippen LogP contribution in [0.25, 0.3) is 0 Å². The number of hydrogen-bond acceptors (Lipinski definition) is 6. The molecule has 51 heavy (non-hydrogen) atoms. The number of carbonyl (C=O) groups is 3. The Morgan fingerprint density at radius 1 is 0.451 bits per heavy atom. The summed E-state index contributed by atoms with van der Waals surface area (Å²) in [6.45, 7) is 10.3. The number of Topliss-reactive ketones (excluding diaryl/α,β-unsaturated/α-hetero) is 2. The Labute approximate surface area is 317 Å². The molecule has 0 heterocycles. The average Bonchev–Trinajstić information content (AvgIpc) is 3.13. The number of unbranched alkanes of at least 4 members (excludes halogenated alkanes) is 24. The molecule has 6 heteroatoms. The smallest absolute Gasteiger partial charge is 0.308 e. The van der Waals surface area contributed by atoms with Crippen molar-refractivity contribution in [3.8, 4) is 0 Å². The van der Waals surface area contributed by atoms with E-state index in [1.54, 1.807) is 0 Å². The molecular formula is C45H87NO5. The topological polar surface area (TPSA) is 83.9 Å². The standard InChI is InChI=1S/C45H87NO5/c1-4-7-10-13-16-21-28-35-43(48)44(49)36-29-22-19-24-31-38-46(39-40-47)37-30-23-17-15-18-25-32-41-51-45(50)42(33-26-12-9-6-3)34-27-20-14-11-8-5-2/h42,47H,4-41H2,1-3H3. The molecule has 0 radical (unpaired) electrons. The summed E-state index contributed by atoms with van der Waals surface area (Å²) in [6, 6.07) is 0. The minimum atomic E-state index is -0.161. The molecule has 0 amide bonds. The number of aliphatic hydroxyl groups is 1. The van der Waals surface area contributed by atoms with E-state index < -0.39 is 0 Å². The second kappa shape index (κ2) is 39.9. The highest BCUT2D eigenvalue weighted by molar-refractivity contribution is 6.37. The summed E-state index contributed by atoms with van der Waals surface area (Å²) in [4.78, 5) is 39.5. The Balaban J connectivity index is 3.88. The molecule has 1 atom stereocenters. The molecule has 0 aliphatic rings. The molecule has 0 bridgehead atoms. The largest absolute Gasteiger partial charge is 0.465 e. The molecule has 0 saturated carbocycles. The van der Waals surface area contributed by atoms with E-state index in [1.165, 1.54) is 116 Å². The maximum Gasteiger partial charge on any atom is 0.308 e. The zero-order valence-corrected chi connectivity index (χ0v) is 34.5. The minimum Gasteiger partial charge on any atom is -0.465 e. The molecule has 0 aromatic carbocycles. The lowest BCUT2D eigenvalue weighted by Crippen LogP contribution is -2.29. The van der Waals surface area contributed by atoms with E-state index in [0.29, 0.717) is 19.4 Å². The van der Waals surface area contributed by atoms with Crippen LogP contribution < -0.4 is 0 Å². The third-order valence-electron chi connectivity index (χ3n) is 10.6. The molecule has 0 saturated heterocycles. The maximum atomic E-state index is 12.8. The van der Waals surface area contributed by atoms with Crippen molar-refractivity contribution in [1.82, 2.24) is 4.90 Å². The Bertz CT molecular complexity index is 772. The van der Waals surface area contributed by atoms with Gasteiger partial charge in [-0.3, -0.25) is 14.4 Å². The number of carbonyl (C=O) groups excluding carboxylic acids is 3. The van der Waals surface area contributed by atoms with Gasteiger partial charge < -0.3 is 14.7 Å². The Hall–Kier alpha value is -1.27. The van der Waals surface area contributed by atoms with Crippen molar-refractivity contribution in [2.24, 2.45) is 5.92 Å². The average molecular weight is 722 g/mol. The van der Waals surface area contributed by atoms with Crippen LogP contribution in [0.1, 0.15) is 233 Å². The lowest BCUT2D eigenvalue weighted by Gasteiger charge is -2.21. The van der Waals surface area contributed by atoms with Gasteiger partial charge in [0.1, 0.15) is 0 Å². The van der Waals surface area contributed by atoms with Gasteiger partial charge >= 0.3 is 5.97 Å². The molecule has 302 valence electrons. The monoisotopic (exact) mass is 722 g/mol. The Morgan fingerprint density at radius 3 is 1.24 bits per heavy atom. The summed E-state index contributed by atoms with van der Waals surface area (Å²) in [7, 11) is 0. The maximum absolute atomic E-state index is 12.8. The van der Waals surface area contributed by atoms with Crippen molar-refractivity contribution in [2.45, 2.75) is 233 Å². The molecule has 1 N–H and O–H groups in total. The van der Waals surface area contributed by atoms with Crippen molar-refractivity contribution in [2.75, 3.05) is 32.8 Å². The van der Waals surface area contributed by atoms with Crippen LogP contribution in [0.15, 0.2) is 0 Å². The van der Waals surface area contributed by atoms with Crippen molar-refractivity contribution in [1.29, 1.82) is 0 Å². The zero-order valence-electron chi connectivity index (χ0n) is 34.5. The summed E-state index contributed by atoms with van der Waals surface area (Å²) >= 11 is 0. The number of hydrogen-bond donors (Lipinski definition) is 1. The fourth-order valence-corrected chi connectivity index (χ4v) is 7.13. The Morgan fingerprint density at radius 2 is 0.804 bits per heavy atom. The van der Waals surface area contributed by atoms with Gasteiger partial charge in [-0.25, -0.2) is 0 Å². The number of rotatable bonds is 42. The number of esters is 1. The van der Waals surface area contributed by atoms with E-state index in [2.05, 4.69) is 25.7 Å². The first-order chi connectivity index (χ1) is 25.0. The van der Waals surface area contributed by atoms with Crippen molar-refractivity contribution >= 4 is 17.5 Å². The molecule has 0 aromatic heterocycles. The highest BCUT2D eigenvalue weighted by Crippen LogP contribution is 2.21. The SMILES string of the molecule is CCCCCCCCCC(=O)C(=O)CCCCCCCN(CCO)CCCCCCCCCOC(=O)C(CCCCCC)CCCCCCCC. The van der Waals surface area contributed by atoms with Gasteiger partial charge in [0.2, 0.25) is 0 Å². The molecule has 1 unspecified atom stereocenters. The van der Waals surface area contributed by atoms with Gasteiger partial charge in [0, 0.05) is 19.4 Å². The summed E-state index contributed by atoms with van der Waals surface area (Å²) in [6.07, 6.45) is 36.9. The molecule has 0 spiro atoms. The molecule has 0 rings (SSSR count). The predicted octanol–water partition coefficient (Wildman–Crippen LogP) is 12.5. The first-order valence-corrected chi connectivity index (χ1v) is 22.6. The van der Waals surface area contributed by atoms with Crippen LogP contribution >= 0.6 is 0 Å². The third-order valence-corrected chi connectivity index (χ3v) is 10.6. The highest BCUT2D eigenvalue weighted by atomic mass is 16.5. The predicted molar refractivity (Wildman–Crippen MR) is 217 cm³/mol. The Kier molecular flexibility index (Phi) is 38.9. The van der Waals surface area contributed by atoms with E-state index in [9.17, 15) is 19.5 Å². The second-order valence-corrected chi connectivity index (χ2v) is 15.5. The van der Waals surface area contributed by atoms with Gasteiger partial charge in [-0.1, -0.05) is 175 Å². The summed E-state index contributed by atoms with van der Waals surface area (Å²) in [5.74, 6) is -0.161. The minimum absolute atomic E-state index is 0.0567. The molecule has 0 fully saturated rings. The number of aliphatic hydroxyl groups excluding tert-OH is 1. The van der Waals surface area contributed by atoms with Crippen LogP contribution in [0, 0.1) is 5.92 Å². The van der Waals surface area contributed by atoms with Crippen LogP contribution in [0.3, 0.4) is 0 Å². The van der Waals surface area contributed by atoms with Crippen LogP contribution in [0.5, 0.6) is 0 Å². The molecule has 6 nitrogen and oxygen atoms in total. The molecular weight excluding hydrogens is 634 g/mol. The lowest BCUT2D eigenvalue weighted by molar-refractivity contribution is -0.149. The third kappa shape index (κ3) is 34.3. The van der Waals surface area contributed by atoms with Crippen LogP contribution in [0.4, 0.5) is 0 Å². The van der Waals surface area contributed by atoms with E-state index in [-0.39, 0.29) is 30.1 Å². The van der Waals surface area contributed by atoms with E-state index in [0.717, 1.165) is 103 Å². The van der Waals surface area contributed by atoms with Gasteiger partial charge in [-0.15, -0.1) is 0 Å². The van der Waals surface area contributed by atoms with E-state index >= 15 is 0 Å². The van der Waals surface area contributed by atoms with Gasteiger partial charge in [0.15, 0.2) is 11.6 Å². The van der Waals surface area contributed by atoms with E-state index in [4.69, 9.17) is 4.74 Å². The summed E-state index contributed by atoms with van der Waals surface area (Å²) < 4.78 is 5.76. The quantitative estimate of drug-likeness (QED) is 0.0384. The first kappa shape index (κ1) is 49.7. The normalized spacial score (nSPS) is 12.1. The van der Waals surface area contributed by atoms with E-state index in [1.807, 2.05) is 0 Å². The van der Waals surface area contributed by atoms with Gasteiger partial charge in [0.05, 0.1) is 19.1 Å². The van der Waals surface area contributed by atoms with Gasteiger partial charge in [0.25, 0.3) is 0 Å². The first-order valence-electron chi connectivity index (χ1n) is 22.6. The number of ether oxygens (including phenoxy) is 1. The fraction of sp³-hybridized carbons (Fsp3) is 0.933. The molecule has 0 aliphatic heterocycles. The second-order valence-electron chi connectivity index (χ2n) is 15.5. The summed E-state index contributed by atoms with van der Waals surface area (Å²) in [5, 5.41) is 9.53. The van der Waals surface area contributed by atoms with Crippen LogP contribution in [0.2, 0.25) is 0 Å². The van der Waals surface area contributed by atoms with Gasteiger partial charge in [-0.2, -0.15) is 0 Å². The lowest BCUT2D eigenvalue weighted by atomic mass is 9.94. The zero-order chi connectivity index (χ0) is 37.5.